The van der Waals surface area contributed by atoms with Crippen LogP contribution in [0.2, 0.25) is 0 Å². The van der Waals surface area contributed by atoms with Gasteiger partial charge >= 0.3 is 11.9 Å². The lowest BCUT2D eigenvalue weighted by molar-refractivity contribution is -0.873. The van der Waals surface area contributed by atoms with E-state index in [1.54, 1.807) is 0 Å². The number of aliphatic carboxylic acids is 1. The van der Waals surface area contributed by atoms with Crippen molar-refractivity contribution in [1.82, 2.24) is 0 Å². The van der Waals surface area contributed by atoms with E-state index in [0.29, 0.717) is 17.4 Å². The summed E-state index contributed by atoms with van der Waals surface area (Å²) in [5.74, 6) is -0.971. The van der Waals surface area contributed by atoms with Crippen LogP contribution in [0, 0.1) is 5.92 Å². The normalized spacial score (nSPS) is 14.9. The second kappa shape index (κ2) is 7.36. The monoisotopic (exact) mass is 260 g/mol. The van der Waals surface area contributed by atoms with Gasteiger partial charge in [-0.25, -0.2) is 0 Å². The number of hydrogen-bond acceptors (Lipinski definition) is 3. The maximum Gasteiger partial charge on any atom is 0.307 e. The fourth-order valence-corrected chi connectivity index (χ4v) is 1.61. The lowest BCUT2D eigenvalue weighted by Crippen LogP contribution is -2.43. The van der Waals surface area contributed by atoms with Crippen LogP contribution in [0.1, 0.15) is 33.1 Å². The standard InChI is InChI=1S/C13H25NO4/c1-6-10(2)7-13(17)18-11(8-12(15)16)9-14(3,4)5/h10-11H,6-9H2,1-5H3/p+1. The third-order valence-corrected chi connectivity index (χ3v) is 2.66. The van der Waals surface area contributed by atoms with Gasteiger partial charge in [0, 0.05) is 6.42 Å². The van der Waals surface area contributed by atoms with E-state index in [1.807, 2.05) is 35.0 Å². The van der Waals surface area contributed by atoms with Crippen molar-refractivity contribution in [2.75, 3.05) is 27.7 Å². The zero-order valence-electron chi connectivity index (χ0n) is 12.1. The molecule has 18 heavy (non-hydrogen) atoms. The minimum Gasteiger partial charge on any atom is -0.481 e. The Morgan fingerprint density at radius 3 is 2.17 bits per heavy atom. The third-order valence-electron chi connectivity index (χ3n) is 2.66. The molecule has 2 unspecified atom stereocenters. The summed E-state index contributed by atoms with van der Waals surface area (Å²) in [6, 6.07) is 0. The summed E-state index contributed by atoms with van der Waals surface area (Å²) in [4.78, 5) is 22.4. The van der Waals surface area contributed by atoms with Gasteiger partial charge in [-0.2, -0.15) is 0 Å². The minimum atomic E-state index is -0.940. The largest absolute Gasteiger partial charge is 0.481 e. The molecule has 0 aliphatic heterocycles. The van der Waals surface area contributed by atoms with E-state index >= 15 is 0 Å². The molecule has 0 aliphatic carbocycles. The molecule has 2 atom stereocenters. The molecule has 0 fully saturated rings. The van der Waals surface area contributed by atoms with Crippen LogP contribution < -0.4 is 0 Å². The van der Waals surface area contributed by atoms with Gasteiger partial charge in [-0.1, -0.05) is 20.3 Å². The zero-order valence-corrected chi connectivity index (χ0v) is 12.1. The highest BCUT2D eigenvalue weighted by Gasteiger charge is 2.25. The van der Waals surface area contributed by atoms with E-state index < -0.39 is 12.1 Å². The Labute approximate surface area is 109 Å². The molecule has 0 saturated heterocycles. The SMILES string of the molecule is CCC(C)CC(=O)OC(CC(=O)O)C[N+](C)(C)C. The fourth-order valence-electron chi connectivity index (χ4n) is 1.61. The molecule has 5 nitrogen and oxygen atoms in total. The average molecular weight is 260 g/mol. The number of rotatable bonds is 8. The topological polar surface area (TPSA) is 63.6 Å². The first-order chi connectivity index (χ1) is 8.14. The van der Waals surface area contributed by atoms with Crippen molar-refractivity contribution in [3.05, 3.63) is 0 Å². The summed E-state index contributed by atoms with van der Waals surface area (Å²) in [6.45, 7) is 4.49. The van der Waals surface area contributed by atoms with Gasteiger partial charge in [0.05, 0.1) is 27.6 Å². The maximum atomic E-state index is 11.7. The number of carbonyl (C=O) groups is 2. The van der Waals surface area contributed by atoms with Crippen LogP contribution in [0.3, 0.4) is 0 Å². The van der Waals surface area contributed by atoms with Gasteiger partial charge in [0.15, 0.2) is 6.10 Å². The molecule has 1 N–H and O–H groups in total. The molecule has 0 rings (SSSR count). The Bertz CT molecular complexity index is 283. The van der Waals surface area contributed by atoms with Crippen molar-refractivity contribution >= 4 is 11.9 Å². The molecule has 0 aliphatic rings. The van der Waals surface area contributed by atoms with Crippen molar-refractivity contribution in [3.8, 4) is 0 Å². The molecule has 0 spiro atoms. The van der Waals surface area contributed by atoms with E-state index in [-0.39, 0.29) is 18.3 Å². The summed E-state index contributed by atoms with van der Waals surface area (Å²) in [6.07, 6.45) is 0.568. The van der Waals surface area contributed by atoms with Gasteiger partial charge in [0.1, 0.15) is 6.54 Å². The molecule has 0 radical (unpaired) electrons. The Hall–Kier alpha value is -1.10. The fraction of sp³-hybridized carbons (Fsp3) is 0.846. The van der Waals surface area contributed by atoms with Gasteiger partial charge in [-0.15, -0.1) is 0 Å². The van der Waals surface area contributed by atoms with Crippen molar-refractivity contribution in [3.63, 3.8) is 0 Å². The third kappa shape index (κ3) is 8.98. The summed E-state index contributed by atoms with van der Waals surface area (Å²) in [5.41, 5.74) is 0. The Kier molecular flexibility index (Phi) is 6.91. The number of nitrogens with zero attached hydrogens (tertiary/aromatic N) is 1. The van der Waals surface area contributed by atoms with Crippen LogP contribution >= 0.6 is 0 Å². The smallest absolute Gasteiger partial charge is 0.307 e. The molecule has 5 heteroatoms. The van der Waals surface area contributed by atoms with Crippen molar-refractivity contribution in [1.29, 1.82) is 0 Å². The van der Waals surface area contributed by atoms with Crippen LogP contribution in [0.15, 0.2) is 0 Å². The minimum absolute atomic E-state index is 0.137. The first kappa shape index (κ1) is 16.9. The van der Waals surface area contributed by atoms with Crippen LogP contribution in [-0.2, 0) is 14.3 Å². The van der Waals surface area contributed by atoms with E-state index in [1.165, 1.54) is 0 Å². The number of carboxylic acid groups (broad SMARTS) is 1. The van der Waals surface area contributed by atoms with E-state index in [4.69, 9.17) is 9.84 Å². The summed E-state index contributed by atoms with van der Waals surface area (Å²) in [7, 11) is 5.83. The first-order valence-corrected chi connectivity index (χ1v) is 6.35. The molecule has 0 saturated carbocycles. The Balaban J connectivity index is 4.40. The second-order valence-corrected chi connectivity index (χ2v) is 5.90. The highest BCUT2D eigenvalue weighted by Crippen LogP contribution is 2.11. The highest BCUT2D eigenvalue weighted by atomic mass is 16.5. The zero-order chi connectivity index (χ0) is 14.3. The van der Waals surface area contributed by atoms with Crippen LogP contribution in [0.4, 0.5) is 0 Å². The van der Waals surface area contributed by atoms with Gasteiger partial charge in [0.2, 0.25) is 0 Å². The average Bonchev–Trinajstić information content (AvgIpc) is 2.12. The lowest BCUT2D eigenvalue weighted by Gasteiger charge is -2.28. The van der Waals surface area contributed by atoms with Crippen LogP contribution in [-0.4, -0.2) is 55.3 Å². The van der Waals surface area contributed by atoms with Crippen molar-refractivity contribution in [2.45, 2.75) is 39.2 Å². The Morgan fingerprint density at radius 2 is 1.78 bits per heavy atom. The van der Waals surface area contributed by atoms with Crippen LogP contribution in [0.5, 0.6) is 0 Å². The van der Waals surface area contributed by atoms with E-state index in [0.717, 1.165) is 6.42 Å². The molecule has 0 heterocycles. The highest BCUT2D eigenvalue weighted by molar-refractivity contribution is 5.71. The first-order valence-electron chi connectivity index (χ1n) is 6.35. The van der Waals surface area contributed by atoms with Crippen LogP contribution in [0.25, 0.3) is 0 Å². The molecule has 0 amide bonds. The summed E-state index contributed by atoms with van der Waals surface area (Å²) in [5, 5.41) is 8.82. The number of ether oxygens (including phenoxy) is 1. The molecule has 0 aromatic heterocycles. The molecule has 0 bridgehead atoms. The maximum absolute atomic E-state index is 11.7. The summed E-state index contributed by atoms with van der Waals surface area (Å²) < 4.78 is 5.84. The molecule has 0 aromatic rings. The van der Waals surface area contributed by atoms with Gasteiger partial charge in [-0.3, -0.25) is 9.59 Å². The number of carbonyl (C=O) groups excluding carboxylic acids is 1. The molecular formula is C13H26NO4+. The predicted molar refractivity (Wildman–Crippen MR) is 69.1 cm³/mol. The quantitative estimate of drug-likeness (QED) is 0.531. The molecule has 0 aromatic carbocycles. The number of carboxylic acids is 1. The molecule has 106 valence electrons. The van der Waals surface area contributed by atoms with E-state index in [2.05, 4.69) is 0 Å². The number of likely N-dealkylation sites (N-methyl/N-ethyl adjacent to an activating group) is 1. The van der Waals surface area contributed by atoms with Crippen molar-refractivity contribution in [2.24, 2.45) is 5.92 Å². The number of hydrogen-bond donors (Lipinski definition) is 1. The van der Waals surface area contributed by atoms with Crippen molar-refractivity contribution < 1.29 is 23.9 Å². The summed E-state index contributed by atoms with van der Waals surface area (Å²) >= 11 is 0. The number of esters is 1. The lowest BCUT2D eigenvalue weighted by atomic mass is 10.1. The van der Waals surface area contributed by atoms with Gasteiger partial charge in [-0.05, 0) is 5.92 Å². The second-order valence-electron chi connectivity index (χ2n) is 5.90. The predicted octanol–water partition coefficient (Wildman–Crippen LogP) is 1.52. The number of quaternary nitrogens is 1. The van der Waals surface area contributed by atoms with Gasteiger partial charge < -0.3 is 14.3 Å². The van der Waals surface area contributed by atoms with E-state index in [9.17, 15) is 9.59 Å². The van der Waals surface area contributed by atoms with Gasteiger partial charge in [0.25, 0.3) is 0 Å². The Morgan fingerprint density at radius 1 is 1.22 bits per heavy atom. The molecular weight excluding hydrogens is 234 g/mol.